The Morgan fingerprint density at radius 2 is 2.21 bits per heavy atom. The first-order valence-corrected chi connectivity index (χ1v) is 5.91. The molecule has 0 bridgehead atoms. The highest BCUT2D eigenvalue weighted by atomic mass is 32.2. The molecule has 0 aliphatic carbocycles. The molecule has 5 nitrogen and oxygen atoms in total. The molecule has 0 radical (unpaired) electrons. The first kappa shape index (κ1) is 13.1. The average molecular weight is 221 g/mol. The van der Waals surface area contributed by atoms with E-state index in [9.17, 15) is 13.2 Å². The van der Waals surface area contributed by atoms with E-state index in [-0.39, 0.29) is 25.3 Å². The summed E-state index contributed by atoms with van der Waals surface area (Å²) in [6, 6.07) is 0. The first-order chi connectivity index (χ1) is 6.52. The van der Waals surface area contributed by atoms with Crippen molar-refractivity contribution in [2.75, 3.05) is 18.9 Å². The van der Waals surface area contributed by atoms with Crippen molar-refractivity contribution in [3.8, 4) is 0 Å². The zero-order valence-corrected chi connectivity index (χ0v) is 8.97. The van der Waals surface area contributed by atoms with Crippen LogP contribution in [0.5, 0.6) is 0 Å². The number of carbonyl (C=O) groups is 1. The van der Waals surface area contributed by atoms with Crippen LogP contribution in [-0.2, 0) is 19.6 Å². The molecule has 0 rings (SSSR count). The standard InChI is InChI=1S/C8H15NO4S/c1-3-6-9-14(11,12)7-5-8(10)13-4-2/h3,9H,1,4-7H2,2H3. The van der Waals surface area contributed by atoms with E-state index in [1.165, 1.54) is 6.08 Å². The topological polar surface area (TPSA) is 72.5 Å². The largest absolute Gasteiger partial charge is 0.466 e. The van der Waals surface area contributed by atoms with Gasteiger partial charge in [-0.25, -0.2) is 13.1 Å². The fourth-order valence-electron chi connectivity index (χ4n) is 0.709. The van der Waals surface area contributed by atoms with E-state index in [1.807, 2.05) is 0 Å². The second kappa shape index (κ2) is 6.56. The van der Waals surface area contributed by atoms with Gasteiger partial charge in [-0.15, -0.1) is 6.58 Å². The van der Waals surface area contributed by atoms with Gasteiger partial charge in [0.05, 0.1) is 18.8 Å². The molecule has 1 N–H and O–H groups in total. The van der Waals surface area contributed by atoms with Gasteiger partial charge in [0, 0.05) is 6.54 Å². The Kier molecular flexibility index (Phi) is 6.14. The molecule has 0 aromatic heterocycles. The van der Waals surface area contributed by atoms with E-state index < -0.39 is 16.0 Å². The van der Waals surface area contributed by atoms with Crippen LogP contribution in [0.1, 0.15) is 13.3 Å². The van der Waals surface area contributed by atoms with Crippen LogP contribution >= 0.6 is 0 Å². The zero-order valence-electron chi connectivity index (χ0n) is 8.15. The summed E-state index contributed by atoms with van der Waals surface area (Å²) in [5, 5.41) is 0. The van der Waals surface area contributed by atoms with Crippen LogP contribution in [0.25, 0.3) is 0 Å². The number of rotatable bonds is 7. The van der Waals surface area contributed by atoms with Crippen molar-refractivity contribution in [2.24, 2.45) is 0 Å². The van der Waals surface area contributed by atoms with Crippen LogP contribution in [-0.4, -0.2) is 33.3 Å². The predicted octanol–water partition coefficient (Wildman–Crippen LogP) is 0.0450. The maximum Gasteiger partial charge on any atom is 0.306 e. The number of esters is 1. The summed E-state index contributed by atoms with van der Waals surface area (Å²) in [7, 11) is -3.38. The first-order valence-electron chi connectivity index (χ1n) is 4.25. The predicted molar refractivity (Wildman–Crippen MR) is 53.2 cm³/mol. The molecular formula is C8H15NO4S. The van der Waals surface area contributed by atoms with Gasteiger partial charge in [-0.3, -0.25) is 4.79 Å². The lowest BCUT2D eigenvalue weighted by atomic mass is 10.5. The molecule has 0 saturated carbocycles. The van der Waals surface area contributed by atoms with E-state index >= 15 is 0 Å². The summed E-state index contributed by atoms with van der Waals surface area (Å²) >= 11 is 0. The number of hydrogen-bond donors (Lipinski definition) is 1. The number of carbonyl (C=O) groups excluding carboxylic acids is 1. The average Bonchev–Trinajstić information content (AvgIpc) is 2.13. The van der Waals surface area contributed by atoms with Crippen LogP contribution in [0, 0.1) is 0 Å². The molecule has 0 saturated heterocycles. The van der Waals surface area contributed by atoms with Gasteiger partial charge < -0.3 is 4.74 Å². The van der Waals surface area contributed by atoms with Gasteiger partial charge in [-0.05, 0) is 6.92 Å². The Morgan fingerprint density at radius 3 is 2.71 bits per heavy atom. The normalized spacial score (nSPS) is 10.9. The third-order valence-corrected chi connectivity index (χ3v) is 2.68. The van der Waals surface area contributed by atoms with Gasteiger partial charge in [-0.2, -0.15) is 0 Å². The summed E-state index contributed by atoms with van der Waals surface area (Å²) in [6.07, 6.45) is 1.31. The van der Waals surface area contributed by atoms with Crippen molar-refractivity contribution in [2.45, 2.75) is 13.3 Å². The Labute approximate surface area is 84.2 Å². The Bertz CT molecular complexity index is 284. The fraction of sp³-hybridized carbons (Fsp3) is 0.625. The summed E-state index contributed by atoms with van der Waals surface area (Å²) in [5.41, 5.74) is 0. The number of hydrogen-bond acceptors (Lipinski definition) is 4. The van der Waals surface area contributed by atoms with E-state index in [2.05, 4.69) is 16.0 Å². The highest BCUT2D eigenvalue weighted by Gasteiger charge is 2.12. The van der Waals surface area contributed by atoms with Gasteiger partial charge in [0.15, 0.2) is 0 Å². The lowest BCUT2D eigenvalue weighted by molar-refractivity contribution is -0.142. The quantitative estimate of drug-likeness (QED) is 0.487. The van der Waals surface area contributed by atoms with Crippen LogP contribution < -0.4 is 4.72 Å². The molecule has 0 aromatic carbocycles. The lowest BCUT2D eigenvalue weighted by Crippen LogP contribution is -2.27. The van der Waals surface area contributed by atoms with Gasteiger partial charge >= 0.3 is 5.97 Å². The van der Waals surface area contributed by atoms with Crippen LogP contribution in [0.3, 0.4) is 0 Å². The van der Waals surface area contributed by atoms with Crippen molar-refractivity contribution >= 4 is 16.0 Å². The van der Waals surface area contributed by atoms with Crippen LogP contribution in [0.4, 0.5) is 0 Å². The van der Waals surface area contributed by atoms with E-state index in [0.717, 1.165) is 0 Å². The second-order valence-electron chi connectivity index (χ2n) is 2.51. The monoisotopic (exact) mass is 221 g/mol. The molecule has 0 spiro atoms. The minimum atomic E-state index is -3.38. The molecule has 0 fully saturated rings. The Hall–Kier alpha value is -0.880. The van der Waals surface area contributed by atoms with E-state index in [4.69, 9.17) is 0 Å². The minimum absolute atomic E-state index is 0.125. The highest BCUT2D eigenvalue weighted by molar-refractivity contribution is 7.89. The summed E-state index contributed by atoms with van der Waals surface area (Å²) < 4.78 is 29.1. The molecule has 0 aromatic rings. The number of sulfonamides is 1. The molecule has 0 aliphatic rings. The molecule has 82 valence electrons. The number of nitrogens with one attached hydrogen (secondary N) is 1. The van der Waals surface area contributed by atoms with Gasteiger partial charge in [0.25, 0.3) is 0 Å². The summed E-state index contributed by atoms with van der Waals surface area (Å²) in [4.78, 5) is 10.8. The second-order valence-corrected chi connectivity index (χ2v) is 4.44. The minimum Gasteiger partial charge on any atom is -0.466 e. The smallest absolute Gasteiger partial charge is 0.306 e. The summed E-state index contributed by atoms with van der Waals surface area (Å²) in [6.45, 7) is 5.47. The highest BCUT2D eigenvalue weighted by Crippen LogP contribution is 1.92. The zero-order chi connectivity index (χ0) is 11.0. The van der Waals surface area contributed by atoms with Crippen molar-refractivity contribution < 1.29 is 17.9 Å². The summed E-state index contributed by atoms with van der Waals surface area (Å²) in [5.74, 6) is -0.754. The molecule has 0 amide bonds. The van der Waals surface area contributed by atoms with Crippen LogP contribution in [0.2, 0.25) is 0 Å². The molecule has 14 heavy (non-hydrogen) atoms. The van der Waals surface area contributed by atoms with Crippen molar-refractivity contribution in [3.05, 3.63) is 12.7 Å². The fourth-order valence-corrected chi connectivity index (χ4v) is 1.66. The third kappa shape index (κ3) is 6.62. The van der Waals surface area contributed by atoms with Gasteiger partial charge in [-0.1, -0.05) is 6.08 Å². The molecule has 0 atom stereocenters. The molecule has 0 aliphatic heterocycles. The molecule has 6 heteroatoms. The van der Waals surface area contributed by atoms with Crippen molar-refractivity contribution in [1.82, 2.24) is 4.72 Å². The van der Waals surface area contributed by atoms with E-state index in [1.54, 1.807) is 6.92 Å². The Balaban J connectivity index is 3.87. The number of ether oxygens (including phenoxy) is 1. The van der Waals surface area contributed by atoms with Crippen molar-refractivity contribution in [3.63, 3.8) is 0 Å². The SMILES string of the molecule is C=CCNS(=O)(=O)CCC(=O)OCC. The molecule has 0 heterocycles. The molecular weight excluding hydrogens is 206 g/mol. The van der Waals surface area contributed by atoms with Gasteiger partial charge in [0.2, 0.25) is 10.0 Å². The maximum atomic E-state index is 11.1. The lowest BCUT2D eigenvalue weighted by Gasteiger charge is -2.03. The van der Waals surface area contributed by atoms with Crippen molar-refractivity contribution in [1.29, 1.82) is 0 Å². The molecule has 0 unspecified atom stereocenters. The maximum absolute atomic E-state index is 11.1. The van der Waals surface area contributed by atoms with E-state index in [0.29, 0.717) is 0 Å². The third-order valence-electron chi connectivity index (χ3n) is 1.33. The van der Waals surface area contributed by atoms with Gasteiger partial charge in [0.1, 0.15) is 0 Å². The van der Waals surface area contributed by atoms with Crippen LogP contribution in [0.15, 0.2) is 12.7 Å². The Morgan fingerprint density at radius 1 is 1.57 bits per heavy atom.